The van der Waals surface area contributed by atoms with Crippen molar-refractivity contribution in [2.45, 2.75) is 6.54 Å². The first-order chi connectivity index (χ1) is 10.5. The topological polar surface area (TPSA) is 82.4 Å². The number of urea groups is 1. The van der Waals surface area contributed by atoms with E-state index in [1.807, 2.05) is 25.1 Å². The molecule has 0 fully saturated rings. The van der Waals surface area contributed by atoms with Crippen LogP contribution in [0.1, 0.15) is 0 Å². The summed E-state index contributed by atoms with van der Waals surface area (Å²) < 4.78 is 1.54. The smallest absolute Gasteiger partial charge is 0.323 e. The van der Waals surface area contributed by atoms with Crippen LogP contribution in [0.15, 0.2) is 30.6 Å². The summed E-state index contributed by atoms with van der Waals surface area (Å²) in [6, 6.07) is 4.90. The van der Waals surface area contributed by atoms with Crippen LogP contribution in [0.25, 0.3) is 0 Å². The first kappa shape index (κ1) is 16.1. The predicted octanol–water partition coefficient (Wildman–Crippen LogP) is 2.24. The monoisotopic (exact) mass is 323 g/mol. The fraction of sp³-hybridized carbons (Fsp3) is 0.286. The molecule has 2 amide bonds. The summed E-state index contributed by atoms with van der Waals surface area (Å²) in [4.78, 5) is 13.8. The molecule has 0 radical (unpaired) electrons. The minimum Gasteiger partial charge on any atom is -0.394 e. The van der Waals surface area contributed by atoms with Gasteiger partial charge in [-0.3, -0.25) is 4.68 Å². The molecule has 0 bridgehead atoms. The fourth-order valence-corrected chi connectivity index (χ4v) is 2.24. The largest absolute Gasteiger partial charge is 0.394 e. The lowest BCUT2D eigenvalue weighted by Crippen LogP contribution is -2.19. The van der Waals surface area contributed by atoms with E-state index in [0.717, 1.165) is 5.69 Å². The predicted molar refractivity (Wildman–Crippen MR) is 87.7 cm³/mol. The second-order valence-electron chi connectivity index (χ2n) is 4.86. The average molecular weight is 324 g/mol. The highest BCUT2D eigenvalue weighted by Gasteiger charge is 2.08. The zero-order valence-electron chi connectivity index (χ0n) is 12.4. The number of benzene rings is 1. The van der Waals surface area contributed by atoms with Crippen molar-refractivity contribution in [2.24, 2.45) is 0 Å². The molecule has 2 rings (SSSR count). The number of carbonyl (C=O) groups is 1. The second kappa shape index (κ2) is 7.15. The normalized spacial score (nSPS) is 10.4. The highest BCUT2D eigenvalue weighted by atomic mass is 35.5. The third-order valence-corrected chi connectivity index (χ3v) is 3.21. The molecular formula is C14H18ClN5O2. The molecule has 0 unspecified atom stereocenters. The first-order valence-electron chi connectivity index (χ1n) is 6.68. The summed E-state index contributed by atoms with van der Waals surface area (Å²) in [7, 11) is 3.79. The van der Waals surface area contributed by atoms with Crippen LogP contribution < -0.4 is 15.5 Å². The standard InChI is InChI=1S/C14H18ClN5O2/c1-19(2)13-4-3-10(7-12(13)15)17-14(22)18-11-8-16-20(9-11)5-6-21/h3-4,7-9,21H,5-6H2,1-2H3,(H2,17,18,22). The summed E-state index contributed by atoms with van der Waals surface area (Å²) in [6.45, 7) is 0.370. The minimum atomic E-state index is -0.391. The van der Waals surface area contributed by atoms with E-state index < -0.39 is 6.03 Å². The highest BCUT2D eigenvalue weighted by molar-refractivity contribution is 6.33. The number of nitrogens with one attached hydrogen (secondary N) is 2. The fourth-order valence-electron chi connectivity index (χ4n) is 1.89. The summed E-state index contributed by atoms with van der Waals surface area (Å²) >= 11 is 6.16. The van der Waals surface area contributed by atoms with Gasteiger partial charge in [0.25, 0.3) is 0 Å². The van der Waals surface area contributed by atoms with Crippen LogP contribution in [0.2, 0.25) is 5.02 Å². The van der Waals surface area contributed by atoms with Gasteiger partial charge in [-0.15, -0.1) is 0 Å². The zero-order valence-corrected chi connectivity index (χ0v) is 13.1. The first-order valence-corrected chi connectivity index (χ1v) is 7.05. The number of hydrogen-bond acceptors (Lipinski definition) is 4. The number of aliphatic hydroxyl groups excluding tert-OH is 1. The van der Waals surface area contributed by atoms with Gasteiger partial charge < -0.3 is 20.6 Å². The third kappa shape index (κ3) is 4.12. The number of halogens is 1. The number of carbonyl (C=O) groups excluding carboxylic acids is 1. The number of aliphatic hydroxyl groups is 1. The van der Waals surface area contributed by atoms with E-state index in [2.05, 4.69) is 15.7 Å². The highest BCUT2D eigenvalue weighted by Crippen LogP contribution is 2.27. The molecule has 8 heteroatoms. The number of rotatable bonds is 5. The van der Waals surface area contributed by atoms with Crippen molar-refractivity contribution in [3.63, 3.8) is 0 Å². The van der Waals surface area contributed by atoms with Gasteiger partial charge in [0.15, 0.2) is 0 Å². The average Bonchev–Trinajstić information content (AvgIpc) is 2.86. The maximum atomic E-state index is 11.9. The van der Waals surface area contributed by atoms with Gasteiger partial charge in [-0.05, 0) is 18.2 Å². The number of aromatic nitrogens is 2. The maximum absolute atomic E-state index is 11.9. The Labute approximate surface area is 133 Å². The molecule has 3 N–H and O–H groups in total. The Morgan fingerprint density at radius 2 is 2.09 bits per heavy atom. The lowest BCUT2D eigenvalue weighted by molar-refractivity contribution is 0.262. The van der Waals surface area contributed by atoms with Crippen LogP contribution in [0.3, 0.4) is 0 Å². The Morgan fingerprint density at radius 3 is 2.73 bits per heavy atom. The van der Waals surface area contributed by atoms with Gasteiger partial charge in [-0.25, -0.2) is 4.79 Å². The van der Waals surface area contributed by atoms with Crippen LogP contribution in [0.4, 0.5) is 21.9 Å². The van der Waals surface area contributed by atoms with Crippen LogP contribution in [-0.4, -0.2) is 41.6 Å². The molecule has 2 aromatic rings. The number of amides is 2. The van der Waals surface area contributed by atoms with E-state index in [4.69, 9.17) is 16.7 Å². The summed E-state index contributed by atoms with van der Waals surface area (Å²) in [5.74, 6) is 0. The van der Waals surface area contributed by atoms with Crippen molar-refractivity contribution in [3.05, 3.63) is 35.6 Å². The molecule has 0 saturated carbocycles. The Morgan fingerprint density at radius 1 is 1.36 bits per heavy atom. The molecule has 7 nitrogen and oxygen atoms in total. The van der Waals surface area contributed by atoms with Crippen molar-refractivity contribution in [1.82, 2.24) is 9.78 Å². The number of hydrogen-bond donors (Lipinski definition) is 3. The van der Waals surface area contributed by atoms with Crippen molar-refractivity contribution in [1.29, 1.82) is 0 Å². The lowest BCUT2D eigenvalue weighted by atomic mass is 10.2. The van der Waals surface area contributed by atoms with Gasteiger partial charge >= 0.3 is 6.03 Å². The summed E-state index contributed by atoms with van der Waals surface area (Å²) in [6.07, 6.45) is 3.15. The second-order valence-corrected chi connectivity index (χ2v) is 5.26. The van der Waals surface area contributed by atoms with E-state index in [-0.39, 0.29) is 6.61 Å². The molecule has 0 aliphatic rings. The van der Waals surface area contributed by atoms with Gasteiger partial charge in [0.05, 0.1) is 35.7 Å². The third-order valence-electron chi connectivity index (χ3n) is 2.91. The van der Waals surface area contributed by atoms with Gasteiger partial charge in [0, 0.05) is 26.0 Å². The molecular weight excluding hydrogens is 306 g/mol. The van der Waals surface area contributed by atoms with Crippen molar-refractivity contribution in [3.8, 4) is 0 Å². The number of nitrogens with zero attached hydrogens (tertiary/aromatic N) is 3. The molecule has 118 valence electrons. The van der Waals surface area contributed by atoms with Gasteiger partial charge in [0.1, 0.15) is 0 Å². The van der Waals surface area contributed by atoms with Gasteiger partial charge in [0.2, 0.25) is 0 Å². The Kier molecular flexibility index (Phi) is 5.24. The summed E-state index contributed by atoms with van der Waals surface area (Å²) in [5.41, 5.74) is 2.01. The van der Waals surface area contributed by atoms with E-state index in [9.17, 15) is 4.79 Å². The molecule has 1 heterocycles. The van der Waals surface area contributed by atoms with Gasteiger partial charge in [-0.1, -0.05) is 11.6 Å². The maximum Gasteiger partial charge on any atom is 0.323 e. The van der Waals surface area contributed by atoms with E-state index in [1.54, 1.807) is 23.0 Å². The van der Waals surface area contributed by atoms with Crippen LogP contribution in [0.5, 0.6) is 0 Å². The molecule has 1 aromatic heterocycles. The molecule has 0 atom stereocenters. The summed E-state index contributed by atoms with van der Waals surface area (Å²) in [5, 5.41) is 18.7. The van der Waals surface area contributed by atoms with Crippen molar-refractivity contribution >= 4 is 34.7 Å². The molecule has 0 aliphatic carbocycles. The van der Waals surface area contributed by atoms with Gasteiger partial charge in [-0.2, -0.15) is 5.10 Å². The molecule has 0 saturated heterocycles. The Balaban J connectivity index is 1.98. The molecule has 0 aliphatic heterocycles. The van der Waals surface area contributed by atoms with E-state index >= 15 is 0 Å². The van der Waals surface area contributed by atoms with Crippen LogP contribution in [0, 0.1) is 0 Å². The number of anilines is 3. The Bertz CT molecular complexity index is 656. The molecule has 0 spiro atoms. The van der Waals surface area contributed by atoms with Crippen molar-refractivity contribution < 1.29 is 9.90 Å². The van der Waals surface area contributed by atoms with Crippen LogP contribution in [-0.2, 0) is 6.54 Å². The minimum absolute atomic E-state index is 0.00988. The molecule has 1 aromatic carbocycles. The molecule has 22 heavy (non-hydrogen) atoms. The van der Waals surface area contributed by atoms with E-state index in [0.29, 0.717) is 22.9 Å². The van der Waals surface area contributed by atoms with Crippen LogP contribution >= 0.6 is 11.6 Å². The zero-order chi connectivity index (χ0) is 16.1. The van der Waals surface area contributed by atoms with Crippen molar-refractivity contribution in [2.75, 3.05) is 36.2 Å². The SMILES string of the molecule is CN(C)c1ccc(NC(=O)Nc2cnn(CCO)c2)cc1Cl. The Hall–Kier alpha value is -2.25. The quantitative estimate of drug-likeness (QED) is 0.788. The van der Waals surface area contributed by atoms with E-state index in [1.165, 1.54) is 6.20 Å². The lowest BCUT2D eigenvalue weighted by Gasteiger charge is -2.15.